The molecule has 7 nitrogen and oxygen atoms in total. The van der Waals surface area contributed by atoms with Gasteiger partial charge in [-0.3, -0.25) is 14.7 Å². The van der Waals surface area contributed by atoms with E-state index in [0.717, 1.165) is 41.4 Å². The molecule has 0 saturated carbocycles. The van der Waals surface area contributed by atoms with Crippen molar-refractivity contribution in [1.29, 1.82) is 0 Å². The number of hydrogen-bond acceptors (Lipinski definition) is 6. The highest BCUT2D eigenvalue weighted by atomic mass is 16.7. The average Bonchev–Trinajstić information content (AvgIpc) is 3.15. The molecule has 2 aliphatic rings. The number of ether oxygens (including phenoxy) is 2. The van der Waals surface area contributed by atoms with Crippen LogP contribution in [0, 0.1) is 6.92 Å². The standard InChI is InChI=1S/C21H20N4O3/c1-13-8-18-19(28-12-27-18)9-15(13)10-25-7-4-16-17(11-25)23-20(24-21(16)26)14-2-5-22-6-3-14/h2-3,5-6,8-9H,4,7,10-12H2,1H3,(H,23,24,26). The van der Waals surface area contributed by atoms with Crippen molar-refractivity contribution >= 4 is 0 Å². The lowest BCUT2D eigenvalue weighted by atomic mass is 10.0. The van der Waals surface area contributed by atoms with Crippen LogP contribution in [0.25, 0.3) is 11.4 Å². The molecule has 1 N–H and O–H groups in total. The minimum Gasteiger partial charge on any atom is -0.454 e. The summed E-state index contributed by atoms with van der Waals surface area (Å²) in [5, 5.41) is 0. The Morgan fingerprint density at radius 3 is 2.79 bits per heavy atom. The van der Waals surface area contributed by atoms with Gasteiger partial charge in [0.05, 0.1) is 5.69 Å². The lowest BCUT2D eigenvalue weighted by molar-refractivity contribution is 0.174. The second kappa shape index (κ2) is 6.76. The maximum absolute atomic E-state index is 12.5. The third-order valence-electron chi connectivity index (χ3n) is 5.33. The minimum atomic E-state index is -0.0456. The molecular formula is C21H20N4O3. The Labute approximate surface area is 162 Å². The molecule has 0 amide bonds. The van der Waals surface area contributed by atoms with Gasteiger partial charge in [-0.15, -0.1) is 0 Å². The van der Waals surface area contributed by atoms with Crippen LogP contribution in [0.1, 0.15) is 22.4 Å². The molecule has 3 aromatic rings. The number of rotatable bonds is 3. The maximum atomic E-state index is 12.5. The lowest BCUT2D eigenvalue weighted by Crippen LogP contribution is -2.35. The molecule has 0 atom stereocenters. The van der Waals surface area contributed by atoms with Crippen LogP contribution >= 0.6 is 0 Å². The number of pyridine rings is 1. The molecule has 0 radical (unpaired) electrons. The van der Waals surface area contributed by atoms with Crippen LogP contribution in [-0.2, 0) is 19.5 Å². The monoisotopic (exact) mass is 376 g/mol. The van der Waals surface area contributed by atoms with E-state index in [1.807, 2.05) is 18.2 Å². The fraction of sp³-hybridized carbons (Fsp3) is 0.286. The van der Waals surface area contributed by atoms with Gasteiger partial charge in [-0.05, 0) is 48.7 Å². The first-order chi connectivity index (χ1) is 13.7. The first kappa shape index (κ1) is 16.9. The Morgan fingerprint density at radius 2 is 1.96 bits per heavy atom. The van der Waals surface area contributed by atoms with Gasteiger partial charge in [0, 0.05) is 43.2 Å². The van der Waals surface area contributed by atoms with Crippen molar-refractivity contribution in [3.63, 3.8) is 0 Å². The molecule has 4 heterocycles. The van der Waals surface area contributed by atoms with Crippen LogP contribution < -0.4 is 15.0 Å². The zero-order valence-corrected chi connectivity index (χ0v) is 15.6. The SMILES string of the molecule is Cc1cc2c(cc1CN1CCc3c(nc(-c4ccncc4)[nH]c3=O)C1)OCO2. The largest absolute Gasteiger partial charge is 0.454 e. The summed E-state index contributed by atoms with van der Waals surface area (Å²) in [5.74, 6) is 2.19. The Balaban J connectivity index is 1.42. The zero-order valence-electron chi connectivity index (χ0n) is 15.6. The topological polar surface area (TPSA) is 80.3 Å². The van der Waals surface area contributed by atoms with Crippen molar-refractivity contribution in [3.8, 4) is 22.9 Å². The van der Waals surface area contributed by atoms with E-state index in [4.69, 9.17) is 14.5 Å². The fourth-order valence-electron chi connectivity index (χ4n) is 3.77. The molecule has 28 heavy (non-hydrogen) atoms. The molecule has 2 aromatic heterocycles. The van der Waals surface area contributed by atoms with Crippen LogP contribution in [0.15, 0.2) is 41.5 Å². The summed E-state index contributed by atoms with van der Waals surface area (Å²) in [6, 6.07) is 7.78. The summed E-state index contributed by atoms with van der Waals surface area (Å²) in [6.45, 7) is 4.60. The Morgan fingerprint density at radius 1 is 1.18 bits per heavy atom. The van der Waals surface area contributed by atoms with Crippen molar-refractivity contribution in [3.05, 3.63) is 69.4 Å². The van der Waals surface area contributed by atoms with E-state index in [9.17, 15) is 4.79 Å². The summed E-state index contributed by atoms with van der Waals surface area (Å²) in [6.07, 6.45) is 4.09. The van der Waals surface area contributed by atoms with Gasteiger partial charge < -0.3 is 14.5 Å². The van der Waals surface area contributed by atoms with Gasteiger partial charge in [0.25, 0.3) is 5.56 Å². The van der Waals surface area contributed by atoms with Crippen LogP contribution in [0.2, 0.25) is 0 Å². The number of hydrogen-bond donors (Lipinski definition) is 1. The Kier molecular flexibility index (Phi) is 4.09. The first-order valence-corrected chi connectivity index (χ1v) is 9.31. The Bertz CT molecular complexity index is 1090. The summed E-state index contributed by atoms with van der Waals surface area (Å²) in [7, 11) is 0. The van der Waals surface area contributed by atoms with Gasteiger partial charge in [-0.25, -0.2) is 4.98 Å². The van der Waals surface area contributed by atoms with Crippen LogP contribution in [-0.4, -0.2) is 33.2 Å². The van der Waals surface area contributed by atoms with Crippen LogP contribution in [0.5, 0.6) is 11.5 Å². The average molecular weight is 376 g/mol. The van der Waals surface area contributed by atoms with E-state index < -0.39 is 0 Å². The number of benzene rings is 1. The third-order valence-corrected chi connectivity index (χ3v) is 5.33. The summed E-state index contributed by atoms with van der Waals surface area (Å²) in [4.78, 5) is 26.5. The predicted molar refractivity (Wildman–Crippen MR) is 103 cm³/mol. The third kappa shape index (κ3) is 3.03. The number of aryl methyl sites for hydroxylation is 1. The smallest absolute Gasteiger partial charge is 0.254 e. The summed E-state index contributed by atoms with van der Waals surface area (Å²) in [5.41, 5.74) is 4.82. The molecule has 0 saturated heterocycles. The number of nitrogens with zero attached hydrogens (tertiary/aromatic N) is 3. The van der Waals surface area contributed by atoms with Gasteiger partial charge >= 0.3 is 0 Å². The normalized spacial score (nSPS) is 15.5. The highest BCUT2D eigenvalue weighted by Gasteiger charge is 2.23. The second-order valence-electron chi connectivity index (χ2n) is 7.17. The lowest BCUT2D eigenvalue weighted by Gasteiger charge is -2.28. The van der Waals surface area contributed by atoms with Crippen molar-refractivity contribution in [2.24, 2.45) is 0 Å². The number of aromatic nitrogens is 3. The van der Waals surface area contributed by atoms with E-state index in [1.54, 1.807) is 12.4 Å². The molecule has 7 heteroatoms. The molecule has 2 aliphatic heterocycles. The van der Waals surface area contributed by atoms with Gasteiger partial charge in [0.15, 0.2) is 11.5 Å². The van der Waals surface area contributed by atoms with E-state index in [0.29, 0.717) is 18.8 Å². The molecule has 0 fully saturated rings. The van der Waals surface area contributed by atoms with Gasteiger partial charge in [0.1, 0.15) is 5.82 Å². The number of fused-ring (bicyclic) bond motifs is 2. The first-order valence-electron chi connectivity index (χ1n) is 9.31. The molecule has 142 valence electrons. The van der Waals surface area contributed by atoms with Crippen LogP contribution in [0.3, 0.4) is 0 Å². The molecule has 0 aliphatic carbocycles. The predicted octanol–water partition coefficient (Wildman–Crippen LogP) is 2.43. The van der Waals surface area contributed by atoms with Gasteiger partial charge in [-0.2, -0.15) is 0 Å². The van der Waals surface area contributed by atoms with Gasteiger partial charge in [0.2, 0.25) is 6.79 Å². The molecule has 0 spiro atoms. The van der Waals surface area contributed by atoms with Crippen molar-refractivity contribution in [1.82, 2.24) is 19.9 Å². The molecule has 1 aromatic carbocycles. The number of H-pyrrole nitrogens is 1. The van der Waals surface area contributed by atoms with E-state index in [1.165, 1.54) is 11.1 Å². The quantitative estimate of drug-likeness (QED) is 0.756. The molecule has 0 bridgehead atoms. The maximum Gasteiger partial charge on any atom is 0.254 e. The van der Waals surface area contributed by atoms with E-state index in [-0.39, 0.29) is 12.4 Å². The number of nitrogens with one attached hydrogen (secondary N) is 1. The highest BCUT2D eigenvalue weighted by Crippen LogP contribution is 2.35. The highest BCUT2D eigenvalue weighted by molar-refractivity contribution is 5.54. The van der Waals surface area contributed by atoms with E-state index in [2.05, 4.69) is 27.9 Å². The van der Waals surface area contributed by atoms with Crippen molar-refractivity contribution in [2.45, 2.75) is 26.4 Å². The number of aromatic amines is 1. The minimum absolute atomic E-state index is 0.0456. The van der Waals surface area contributed by atoms with Crippen molar-refractivity contribution in [2.75, 3.05) is 13.3 Å². The molecular weight excluding hydrogens is 356 g/mol. The fourth-order valence-corrected chi connectivity index (χ4v) is 3.77. The zero-order chi connectivity index (χ0) is 19.1. The van der Waals surface area contributed by atoms with Crippen molar-refractivity contribution < 1.29 is 9.47 Å². The summed E-state index contributed by atoms with van der Waals surface area (Å²) >= 11 is 0. The molecule has 0 unspecified atom stereocenters. The van der Waals surface area contributed by atoms with E-state index >= 15 is 0 Å². The molecule has 5 rings (SSSR count). The summed E-state index contributed by atoms with van der Waals surface area (Å²) < 4.78 is 11.0. The second-order valence-corrected chi connectivity index (χ2v) is 7.17. The van der Waals surface area contributed by atoms with Gasteiger partial charge in [-0.1, -0.05) is 0 Å². The van der Waals surface area contributed by atoms with Crippen LogP contribution in [0.4, 0.5) is 0 Å². The Hall–Kier alpha value is -3.19.